The van der Waals surface area contributed by atoms with Gasteiger partial charge < -0.3 is 9.31 Å². The third-order valence-corrected chi connectivity index (χ3v) is 4.03. The summed E-state index contributed by atoms with van der Waals surface area (Å²) >= 11 is 1.23. The lowest BCUT2D eigenvalue weighted by Crippen LogP contribution is -2.41. The van der Waals surface area contributed by atoms with Crippen LogP contribution in [0.1, 0.15) is 36.7 Å². The maximum absolute atomic E-state index is 7.38. The van der Waals surface area contributed by atoms with Gasteiger partial charge in [-0.25, -0.2) is 0 Å². The van der Waals surface area contributed by atoms with Gasteiger partial charge in [-0.05, 0) is 40.6 Å². The molecule has 0 spiro atoms. The highest BCUT2D eigenvalue weighted by molar-refractivity contribution is 7.22. The van der Waals surface area contributed by atoms with Gasteiger partial charge in [-0.2, -0.15) is 0 Å². The minimum absolute atomic E-state index is 0.368. The minimum atomic E-state index is -2.06. The second-order valence-corrected chi connectivity index (χ2v) is 5.91. The summed E-state index contributed by atoms with van der Waals surface area (Å²) in [5.74, 6) is 0. The monoisotopic (exact) mass is 228 g/mol. The number of thiophene rings is 1. The normalized spacial score (nSPS) is 27.2. The number of hydrogen-bond acceptors (Lipinski definition) is 3. The molecule has 0 aromatic carbocycles. The van der Waals surface area contributed by atoms with E-state index in [1.54, 1.807) is 12.1 Å². The van der Waals surface area contributed by atoms with Crippen molar-refractivity contribution in [3.63, 3.8) is 0 Å². The lowest BCUT2D eigenvalue weighted by atomic mass is 9.88. The van der Waals surface area contributed by atoms with Crippen LogP contribution in [0.15, 0.2) is 12.1 Å². The standard InChI is InChI=1S/C11H17BO2S/c1-8-6-7-9(15-8)12-13-10(2,3)11(4,5)14-12/h6-7H,1-5H3/i1+1D3. The molecule has 2 heterocycles. The Kier molecular flexibility index (Phi) is 1.75. The van der Waals surface area contributed by atoms with Crippen molar-refractivity contribution in [3.8, 4) is 0 Å². The Labute approximate surface area is 100.0 Å². The Morgan fingerprint density at radius 3 is 2.27 bits per heavy atom. The molecular formula is C11H17BO2S. The van der Waals surface area contributed by atoms with E-state index in [1.165, 1.54) is 11.3 Å². The van der Waals surface area contributed by atoms with Gasteiger partial charge in [0.25, 0.3) is 0 Å². The van der Waals surface area contributed by atoms with E-state index >= 15 is 0 Å². The van der Waals surface area contributed by atoms with E-state index in [-0.39, 0.29) is 0 Å². The fourth-order valence-corrected chi connectivity index (χ4v) is 2.16. The van der Waals surface area contributed by atoms with Gasteiger partial charge in [0.2, 0.25) is 0 Å². The summed E-state index contributed by atoms with van der Waals surface area (Å²) in [6.45, 7) is 5.85. The predicted octanol–water partition coefficient (Wildman–Crippen LogP) is 2.36. The maximum atomic E-state index is 7.38. The van der Waals surface area contributed by atoms with Gasteiger partial charge in [0.1, 0.15) is 0 Å². The Morgan fingerprint density at radius 1 is 1.20 bits per heavy atom. The molecule has 1 aromatic rings. The van der Waals surface area contributed by atoms with E-state index in [0.29, 0.717) is 4.88 Å². The summed E-state index contributed by atoms with van der Waals surface area (Å²) < 4.78 is 34.7. The second kappa shape index (κ2) is 3.34. The molecule has 1 aliphatic rings. The molecule has 2 rings (SSSR count). The van der Waals surface area contributed by atoms with Crippen molar-refractivity contribution in [2.24, 2.45) is 0 Å². The Balaban J connectivity index is 2.23. The van der Waals surface area contributed by atoms with E-state index in [2.05, 4.69) is 0 Å². The van der Waals surface area contributed by atoms with Gasteiger partial charge in [0, 0.05) is 13.8 Å². The van der Waals surface area contributed by atoms with Gasteiger partial charge >= 0.3 is 7.12 Å². The van der Waals surface area contributed by atoms with Crippen molar-refractivity contribution in [1.29, 1.82) is 0 Å². The van der Waals surface area contributed by atoms with Crippen molar-refractivity contribution in [2.45, 2.75) is 45.7 Å². The van der Waals surface area contributed by atoms with Crippen molar-refractivity contribution >= 4 is 23.2 Å². The van der Waals surface area contributed by atoms with Gasteiger partial charge in [0.15, 0.2) is 0 Å². The molecular weight excluding hydrogens is 208 g/mol. The molecule has 0 amide bonds. The highest BCUT2D eigenvalue weighted by atomic mass is 32.1. The van der Waals surface area contributed by atoms with E-state index in [9.17, 15) is 0 Å². The first-order valence-corrected chi connectivity index (χ1v) is 5.80. The Morgan fingerprint density at radius 2 is 1.80 bits per heavy atom. The first-order chi connectivity index (χ1) is 8.03. The molecule has 2 nitrogen and oxygen atoms in total. The van der Waals surface area contributed by atoms with Gasteiger partial charge in [-0.1, -0.05) is 6.07 Å². The topological polar surface area (TPSA) is 18.5 Å². The van der Waals surface area contributed by atoms with Crippen LogP contribution in [0.25, 0.3) is 0 Å². The largest absolute Gasteiger partial charge is 0.505 e. The first-order valence-electron chi connectivity index (χ1n) is 6.49. The van der Waals surface area contributed by atoms with Crippen molar-refractivity contribution in [3.05, 3.63) is 17.0 Å². The summed E-state index contributed by atoms with van der Waals surface area (Å²) in [5.41, 5.74) is -0.802. The van der Waals surface area contributed by atoms with Crippen molar-refractivity contribution < 1.29 is 13.4 Å². The van der Waals surface area contributed by atoms with Crippen LogP contribution in [0, 0.1) is 6.85 Å². The summed E-state index contributed by atoms with van der Waals surface area (Å²) in [6, 6.07) is 3.40. The highest BCUT2D eigenvalue weighted by Crippen LogP contribution is 2.36. The van der Waals surface area contributed by atoms with Crippen LogP contribution in [0.3, 0.4) is 0 Å². The molecule has 0 atom stereocenters. The summed E-state index contributed by atoms with van der Waals surface area (Å²) in [7, 11) is -0.476. The molecule has 0 N–H and O–H groups in total. The summed E-state index contributed by atoms with van der Waals surface area (Å²) in [4.78, 5) is 0.368. The van der Waals surface area contributed by atoms with Crippen LogP contribution in [0.2, 0.25) is 0 Å². The van der Waals surface area contributed by atoms with Crippen LogP contribution in [-0.2, 0) is 9.31 Å². The van der Waals surface area contributed by atoms with Crippen LogP contribution in [0.5, 0.6) is 0 Å². The molecule has 0 unspecified atom stereocenters. The smallest absolute Gasteiger partial charge is 0.399 e. The lowest BCUT2D eigenvalue weighted by Gasteiger charge is -2.32. The molecule has 0 bridgehead atoms. The fourth-order valence-electron chi connectivity index (χ4n) is 1.44. The van der Waals surface area contributed by atoms with Crippen molar-refractivity contribution in [1.82, 2.24) is 0 Å². The molecule has 15 heavy (non-hydrogen) atoms. The first kappa shape index (κ1) is 7.88. The lowest BCUT2D eigenvalue weighted by molar-refractivity contribution is 0.00578. The molecule has 1 saturated heterocycles. The van der Waals surface area contributed by atoms with Gasteiger partial charge in [0.05, 0.1) is 11.2 Å². The van der Waals surface area contributed by atoms with Crippen LogP contribution < -0.4 is 4.78 Å². The number of aryl methyl sites for hydroxylation is 1. The summed E-state index contributed by atoms with van der Waals surface area (Å²) in [6.07, 6.45) is 0. The quantitative estimate of drug-likeness (QED) is 0.542. The Hall–Kier alpha value is -0.315. The third-order valence-electron chi connectivity index (χ3n) is 3.11. The minimum Gasteiger partial charge on any atom is -0.399 e. The van der Waals surface area contributed by atoms with Crippen molar-refractivity contribution in [2.75, 3.05) is 0 Å². The number of hydrogen-bond donors (Lipinski definition) is 0. The van der Waals surface area contributed by atoms with E-state index in [0.717, 1.165) is 4.78 Å². The second-order valence-electron chi connectivity index (χ2n) is 4.79. The van der Waals surface area contributed by atoms with E-state index < -0.39 is 25.2 Å². The maximum Gasteiger partial charge on any atom is 0.505 e. The van der Waals surface area contributed by atoms with Crippen LogP contribution >= 0.6 is 11.3 Å². The van der Waals surface area contributed by atoms with Crippen LogP contribution in [-0.4, -0.2) is 18.3 Å². The molecule has 1 aliphatic heterocycles. The molecule has 0 radical (unpaired) electrons. The third kappa shape index (κ3) is 1.86. The SMILES string of the molecule is [2H][13C]([2H])([2H])c1ccc(B2OC(C)(C)C(C)(C)O2)s1. The average molecular weight is 228 g/mol. The molecule has 0 saturated carbocycles. The zero-order valence-corrected chi connectivity index (χ0v) is 10.3. The molecule has 82 valence electrons. The number of rotatable bonds is 1. The van der Waals surface area contributed by atoms with E-state index in [1.807, 2.05) is 27.7 Å². The summed E-state index contributed by atoms with van der Waals surface area (Å²) in [5, 5.41) is 0. The molecule has 0 aliphatic carbocycles. The zero-order valence-electron chi connectivity index (χ0n) is 12.5. The van der Waals surface area contributed by atoms with Gasteiger partial charge in [-0.15, -0.1) is 11.3 Å². The van der Waals surface area contributed by atoms with E-state index in [4.69, 9.17) is 13.4 Å². The Bertz CT molecular complexity index is 437. The predicted molar refractivity (Wildman–Crippen MR) is 64.8 cm³/mol. The molecule has 1 fully saturated rings. The van der Waals surface area contributed by atoms with Crippen LogP contribution in [0.4, 0.5) is 0 Å². The van der Waals surface area contributed by atoms with Gasteiger partial charge in [-0.3, -0.25) is 0 Å². The zero-order chi connectivity index (χ0) is 13.8. The average Bonchev–Trinajstić information content (AvgIpc) is 2.69. The molecule has 4 heteroatoms. The fraction of sp³-hybridized carbons (Fsp3) is 0.636. The highest BCUT2D eigenvalue weighted by Gasteiger charge is 2.52. The molecule has 1 aromatic heterocycles.